The molecule has 1 atom stereocenters. The van der Waals surface area contributed by atoms with Gasteiger partial charge < -0.3 is 5.32 Å². The first-order chi connectivity index (χ1) is 7.63. The normalized spacial score (nSPS) is 13.1. The lowest BCUT2D eigenvalue weighted by atomic mass is 9.90. The van der Waals surface area contributed by atoms with Gasteiger partial charge in [0.2, 0.25) is 0 Å². The second kappa shape index (κ2) is 6.64. The molecule has 0 aliphatic carbocycles. The lowest BCUT2D eigenvalue weighted by molar-refractivity contribution is 0.473. The maximum atomic E-state index is 13.2. The standard InChI is InChI=1S/C14H22FN/c1-4-16-10-13(8-11(2)3)12-6-5-7-14(15)9-12/h5-7,9,11,13,16H,4,8,10H2,1-3H3. The molecule has 1 rings (SSSR count). The van der Waals surface area contributed by atoms with Gasteiger partial charge in [-0.1, -0.05) is 32.9 Å². The third kappa shape index (κ3) is 4.31. The maximum Gasteiger partial charge on any atom is 0.123 e. The van der Waals surface area contributed by atoms with Crippen molar-refractivity contribution >= 4 is 0 Å². The number of likely N-dealkylation sites (N-methyl/N-ethyl adjacent to an activating group) is 1. The number of hydrogen-bond donors (Lipinski definition) is 1. The third-order valence-corrected chi connectivity index (χ3v) is 2.72. The quantitative estimate of drug-likeness (QED) is 0.777. The van der Waals surface area contributed by atoms with E-state index in [1.54, 1.807) is 12.1 Å². The molecular weight excluding hydrogens is 201 g/mol. The molecule has 0 radical (unpaired) electrons. The zero-order valence-electron chi connectivity index (χ0n) is 10.5. The molecule has 1 unspecified atom stereocenters. The highest BCUT2D eigenvalue weighted by molar-refractivity contribution is 5.21. The Morgan fingerprint density at radius 2 is 2.06 bits per heavy atom. The molecule has 1 N–H and O–H groups in total. The van der Waals surface area contributed by atoms with Gasteiger partial charge >= 0.3 is 0 Å². The average molecular weight is 223 g/mol. The van der Waals surface area contributed by atoms with E-state index in [4.69, 9.17) is 0 Å². The molecule has 1 aromatic rings. The van der Waals surface area contributed by atoms with Crippen molar-refractivity contribution in [2.45, 2.75) is 33.1 Å². The van der Waals surface area contributed by atoms with Crippen molar-refractivity contribution in [1.29, 1.82) is 0 Å². The van der Waals surface area contributed by atoms with E-state index < -0.39 is 0 Å². The van der Waals surface area contributed by atoms with Crippen LogP contribution in [0.25, 0.3) is 0 Å². The second-order valence-electron chi connectivity index (χ2n) is 4.69. The van der Waals surface area contributed by atoms with Crippen molar-refractivity contribution in [3.8, 4) is 0 Å². The molecule has 1 nitrogen and oxygen atoms in total. The van der Waals surface area contributed by atoms with Crippen LogP contribution in [-0.4, -0.2) is 13.1 Å². The predicted molar refractivity (Wildman–Crippen MR) is 67.1 cm³/mol. The lowest BCUT2D eigenvalue weighted by Crippen LogP contribution is -2.22. The highest BCUT2D eigenvalue weighted by Crippen LogP contribution is 2.23. The van der Waals surface area contributed by atoms with Gasteiger partial charge in [0.1, 0.15) is 5.82 Å². The van der Waals surface area contributed by atoms with Crippen LogP contribution in [0.5, 0.6) is 0 Å². The minimum atomic E-state index is -0.136. The van der Waals surface area contributed by atoms with Crippen LogP contribution < -0.4 is 5.32 Å². The van der Waals surface area contributed by atoms with Gasteiger partial charge in [0, 0.05) is 6.54 Å². The molecule has 0 saturated carbocycles. The number of benzene rings is 1. The summed E-state index contributed by atoms with van der Waals surface area (Å²) in [7, 11) is 0. The highest BCUT2D eigenvalue weighted by atomic mass is 19.1. The minimum absolute atomic E-state index is 0.136. The maximum absolute atomic E-state index is 13.2. The van der Waals surface area contributed by atoms with E-state index in [0.29, 0.717) is 11.8 Å². The average Bonchev–Trinajstić information content (AvgIpc) is 2.23. The van der Waals surface area contributed by atoms with E-state index >= 15 is 0 Å². The van der Waals surface area contributed by atoms with Crippen molar-refractivity contribution in [3.05, 3.63) is 35.6 Å². The van der Waals surface area contributed by atoms with E-state index in [1.165, 1.54) is 6.07 Å². The fourth-order valence-corrected chi connectivity index (χ4v) is 1.99. The van der Waals surface area contributed by atoms with Gasteiger partial charge in [-0.3, -0.25) is 0 Å². The summed E-state index contributed by atoms with van der Waals surface area (Å²) in [5.41, 5.74) is 1.11. The summed E-state index contributed by atoms with van der Waals surface area (Å²) in [5, 5.41) is 3.35. The Morgan fingerprint density at radius 3 is 2.62 bits per heavy atom. The van der Waals surface area contributed by atoms with Crippen molar-refractivity contribution in [2.24, 2.45) is 5.92 Å². The van der Waals surface area contributed by atoms with Crippen LogP contribution in [-0.2, 0) is 0 Å². The summed E-state index contributed by atoms with van der Waals surface area (Å²) >= 11 is 0. The molecule has 0 aliphatic rings. The van der Waals surface area contributed by atoms with Gasteiger partial charge in [-0.2, -0.15) is 0 Å². The summed E-state index contributed by atoms with van der Waals surface area (Å²) in [6.45, 7) is 8.40. The molecule has 0 amide bonds. The monoisotopic (exact) mass is 223 g/mol. The van der Waals surface area contributed by atoms with Crippen LogP contribution >= 0.6 is 0 Å². The number of nitrogens with one attached hydrogen (secondary N) is 1. The molecule has 0 aliphatic heterocycles. The van der Waals surface area contributed by atoms with E-state index in [9.17, 15) is 4.39 Å². The summed E-state index contributed by atoms with van der Waals surface area (Å²) in [5.74, 6) is 0.908. The Labute approximate surface area is 98.1 Å². The Bertz CT molecular complexity index is 309. The summed E-state index contributed by atoms with van der Waals surface area (Å²) in [4.78, 5) is 0. The SMILES string of the molecule is CCNCC(CC(C)C)c1cccc(F)c1. The Kier molecular flexibility index (Phi) is 5.47. The van der Waals surface area contributed by atoms with Crippen LogP contribution in [0.2, 0.25) is 0 Å². The van der Waals surface area contributed by atoms with Crippen LogP contribution in [0.15, 0.2) is 24.3 Å². The summed E-state index contributed by atoms with van der Waals surface area (Å²) < 4.78 is 13.2. The van der Waals surface area contributed by atoms with Gasteiger partial charge in [0.25, 0.3) is 0 Å². The minimum Gasteiger partial charge on any atom is -0.316 e. The molecule has 0 spiro atoms. The van der Waals surface area contributed by atoms with Gasteiger partial charge in [-0.25, -0.2) is 4.39 Å². The molecular formula is C14H22FN. The smallest absolute Gasteiger partial charge is 0.123 e. The molecule has 16 heavy (non-hydrogen) atoms. The summed E-state index contributed by atoms with van der Waals surface area (Å²) in [6.07, 6.45) is 1.09. The van der Waals surface area contributed by atoms with Gasteiger partial charge in [0.05, 0.1) is 0 Å². The second-order valence-corrected chi connectivity index (χ2v) is 4.69. The number of rotatable bonds is 6. The molecule has 0 saturated heterocycles. The largest absolute Gasteiger partial charge is 0.316 e. The molecule has 90 valence electrons. The van der Waals surface area contributed by atoms with Crippen LogP contribution in [0, 0.1) is 11.7 Å². The molecule has 0 bridgehead atoms. The Morgan fingerprint density at radius 1 is 1.31 bits per heavy atom. The van der Waals surface area contributed by atoms with Crippen molar-refractivity contribution in [1.82, 2.24) is 5.32 Å². The first-order valence-electron chi connectivity index (χ1n) is 6.09. The lowest BCUT2D eigenvalue weighted by Gasteiger charge is -2.19. The fourth-order valence-electron chi connectivity index (χ4n) is 1.99. The van der Waals surface area contributed by atoms with Crippen LogP contribution in [0.4, 0.5) is 4.39 Å². The Hall–Kier alpha value is -0.890. The molecule has 1 aromatic carbocycles. The van der Waals surface area contributed by atoms with Crippen molar-refractivity contribution < 1.29 is 4.39 Å². The van der Waals surface area contributed by atoms with E-state index in [-0.39, 0.29) is 5.82 Å². The zero-order valence-corrected chi connectivity index (χ0v) is 10.5. The van der Waals surface area contributed by atoms with E-state index in [1.807, 2.05) is 6.07 Å². The Balaban J connectivity index is 2.74. The number of hydrogen-bond acceptors (Lipinski definition) is 1. The van der Waals surface area contributed by atoms with Crippen LogP contribution in [0.1, 0.15) is 38.7 Å². The predicted octanol–water partition coefficient (Wildman–Crippen LogP) is 3.56. The summed E-state index contributed by atoms with van der Waals surface area (Å²) in [6, 6.07) is 6.98. The highest BCUT2D eigenvalue weighted by Gasteiger charge is 2.13. The topological polar surface area (TPSA) is 12.0 Å². The molecule has 0 aromatic heterocycles. The van der Waals surface area contributed by atoms with Gasteiger partial charge in [-0.05, 0) is 42.5 Å². The number of halogens is 1. The third-order valence-electron chi connectivity index (χ3n) is 2.72. The van der Waals surface area contributed by atoms with Crippen molar-refractivity contribution in [2.75, 3.05) is 13.1 Å². The van der Waals surface area contributed by atoms with E-state index in [2.05, 4.69) is 26.1 Å². The van der Waals surface area contributed by atoms with Crippen molar-refractivity contribution in [3.63, 3.8) is 0 Å². The fraction of sp³-hybridized carbons (Fsp3) is 0.571. The van der Waals surface area contributed by atoms with Gasteiger partial charge in [0.15, 0.2) is 0 Å². The first kappa shape index (κ1) is 13.2. The molecule has 0 heterocycles. The molecule has 0 fully saturated rings. The first-order valence-corrected chi connectivity index (χ1v) is 6.09. The molecule has 2 heteroatoms. The van der Waals surface area contributed by atoms with Crippen LogP contribution in [0.3, 0.4) is 0 Å². The zero-order chi connectivity index (χ0) is 12.0. The van der Waals surface area contributed by atoms with Gasteiger partial charge in [-0.15, -0.1) is 0 Å². The van der Waals surface area contributed by atoms with E-state index in [0.717, 1.165) is 25.1 Å².